The first-order valence-corrected chi connectivity index (χ1v) is 7.92. The lowest BCUT2D eigenvalue weighted by Gasteiger charge is -2.31. The van der Waals surface area contributed by atoms with Gasteiger partial charge in [0, 0.05) is 25.4 Å². The summed E-state index contributed by atoms with van der Waals surface area (Å²) < 4.78 is 16.6. The minimum Gasteiger partial charge on any atom is -0.484 e. The molecule has 1 aromatic heterocycles. The van der Waals surface area contributed by atoms with Gasteiger partial charge in [0.1, 0.15) is 11.5 Å². The number of carbonyl (C=O) groups excluding carboxylic acids is 1. The molecule has 1 amide bonds. The predicted octanol–water partition coefficient (Wildman–Crippen LogP) is 2.50. The summed E-state index contributed by atoms with van der Waals surface area (Å²) in [4.78, 5) is 18.0. The van der Waals surface area contributed by atoms with Crippen LogP contribution < -0.4 is 9.47 Å². The molecule has 1 aromatic carbocycles. The second-order valence-electron chi connectivity index (χ2n) is 5.55. The zero-order valence-corrected chi connectivity index (χ0v) is 13.6. The van der Waals surface area contributed by atoms with Crippen LogP contribution in [0.2, 0.25) is 0 Å². The number of ether oxygens (including phenoxy) is 3. The average molecular weight is 328 g/mol. The van der Waals surface area contributed by atoms with E-state index in [4.69, 9.17) is 14.2 Å². The summed E-state index contributed by atoms with van der Waals surface area (Å²) in [6, 6.07) is 12.6. The van der Waals surface area contributed by atoms with E-state index < -0.39 is 0 Å². The van der Waals surface area contributed by atoms with E-state index in [1.807, 2.05) is 19.1 Å². The number of hydrogen-bond donors (Lipinski definition) is 0. The summed E-state index contributed by atoms with van der Waals surface area (Å²) in [7, 11) is 0. The monoisotopic (exact) mass is 328 g/mol. The molecule has 24 heavy (non-hydrogen) atoms. The molecule has 1 fully saturated rings. The van der Waals surface area contributed by atoms with Crippen molar-refractivity contribution in [2.75, 3.05) is 26.3 Å². The lowest BCUT2D eigenvalue weighted by atomic mass is 10.3. The van der Waals surface area contributed by atoms with Crippen LogP contribution in [0.15, 0.2) is 48.7 Å². The number of aromatic nitrogens is 1. The molecule has 2 aromatic rings. The molecule has 0 saturated carbocycles. The van der Waals surface area contributed by atoms with Crippen molar-refractivity contribution >= 4 is 5.91 Å². The fourth-order valence-corrected chi connectivity index (χ4v) is 2.41. The molecule has 126 valence electrons. The number of hydrogen-bond acceptors (Lipinski definition) is 5. The number of rotatable bonds is 5. The van der Waals surface area contributed by atoms with Crippen LogP contribution in [0, 0.1) is 0 Å². The highest BCUT2D eigenvalue weighted by atomic mass is 16.5. The Hall–Kier alpha value is -2.60. The maximum absolute atomic E-state index is 12.1. The van der Waals surface area contributed by atoms with Gasteiger partial charge in [-0.3, -0.25) is 4.79 Å². The molecule has 0 radical (unpaired) electrons. The minimum atomic E-state index is -0.0287. The second kappa shape index (κ2) is 7.79. The minimum absolute atomic E-state index is 0.0210. The highest BCUT2D eigenvalue weighted by Gasteiger charge is 2.21. The Morgan fingerprint density at radius 2 is 2.04 bits per heavy atom. The molecule has 0 unspecified atom stereocenters. The fourth-order valence-electron chi connectivity index (χ4n) is 2.41. The number of carbonyl (C=O) groups is 1. The van der Waals surface area contributed by atoms with Gasteiger partial charge in [-0.2, -0.15) is 0 Å². The number of pyridine rings is 1. The van der Waals surface area contributed by atoms with Crippen molar-refractivity contribution in [3.05, 3.63) is 48.7 Å². The van der Waals surface area contributed by atoms with Crippen LogP contribution in [0.25, 0.3) is 0 Å². The van der Waals surface area contributed by atoms with Crippen molar-refractivity contribution in [3.8, 4) is 17.4 Å². The Morgan fingerprint density at radius 3 is 2.75 bits per heavy atom. The number of amides is 1. The van der Waals surface area contributed by atoms with Gasteiger partial charge in [0.05, 0.1) is 12.7 Å². The summed E-state index contributed by atoms with van der Waals surface area (Å²) in [6.07, 6.45) is 1.75. The van der Waals surface area contributed by atoms with Gasteiger partial charge in [-0.1, -0.05) is 6.07 Å². The van der Waals surface area contributed by atoms with Gasteiger partial charge in [0.15, 0.2) is 6.61 Å². The van der Waals surface area contributed by atoms with E-state index in [0.717, 1.165) is 0 Å². The van der Waals surface area contributed by atoms with Gasteiger partial charge < -0.3 is 19.1 Å². The molecule has 6 heteroatoms. The molecule has 2 heterocycles. The van der Waals surface area contributed by atoms with Gasteiger partial charge in [-0.05, 0) is 37.3 Å². The molecule has 1 saturated heterocycles. The van der Waals surface area contributed by atoms with Crippen molar-refractivity contribution in [1.82, 2.24) is 9.88 Å². The Morgan fingerprint density at radius 1 is 1.25 bits per heavy atom. The van der Waals surface area contributed by atoms with Gasteiger partial charge in [-0.25, -0.2) is 4.98 Å². The van der Waals surface area contributed by atoms with E-state index in [1.54, 1.807) is 41.4 Å². The van der Waals surface area contributed by atoms with Crippen LogP contribution in [-0.4, -0.2) is 48.2 Å². The van der Waals surface area contributed by atoms with Crippen LogP contribution in [0.5, 0.6) is 17.4 Å². The van der Waals surface area contributed by atoms with Crippen LogP contribution >= 0.6 is 0 Å². The highest BCUT2D eigenvalue weighted by molar-refractivity contribution is 5.77. The van der Waals surface area contributed by atoms with E-state index in [2.05, 4.69) is 4.98 Å². The molecule has 0 aliphatic carbocycles. The van der Waals surface area contributed by atoms with Crippen molar-refractivity contribution in [1.29, 1.82) is 0 Å². The van der Waals surface area contributed by atoms with Crippen LogP contribution in [-0.2, 0) is 9.53 Å². The first-order chi connectivity index (χ1) is 11.7. The number of nitrogens with zero attached hydrogens (tertiary/aromatic N) is 2. The molecular weight excluding hydrogens is 308 g/mol. The Labute approximate surface area is 141 Å². The Bertz CT molecular complexity index is 660. The zero-order chi connectivity index (χ0) is 16.8. The SMILES string of the molecule is C[C@@H]1CN(C(=O)COc2ccc(Oc3ccccn3)cc2)CCO1. The van der Waals surface area contributed by atoms with E-state index >= 15 is 0 Å². The van der Waals surface area contributed by atoms with Crippen molar-refractivity contribution in [2.45, 2.75) is 13.0 Å². The number of morpholine rings is 1. The second-order valence-corrected chi connectivity index (χ2v) is 5.55. The van der Waals surface area contributed by atoms with E-state index in [9.17, 15) is 4.79 Å². The summed E-state index contributed by atoms with van der Waals surface area (Å²) in [6.45, 7) is 3.78. The quantitative estimate of drug-likeness (QED) is 0.844. The third-order valence-corrected chi connectivity index (χ3v) is 3.64. The molecular formula is C18H20N2O4. The largest absolute Gasteiger partial charge is 0.484 e. The standard InChI is InChI=1S/C18H20N2O4/c1-14-12-20(10-11-22-14)18(21)13-23-15-5-7-16(8-6-15)24-17-4-2-3-9-19-17/h2-9,14H,10-13H2,1H3/t14-/m1/s1. The zero-order valence-electron chi connectivity index (χ0n) is 13.6. The Kier molecular flexibility index (Phi) is 5.28. The van der Waals surface area contributed by atoms with Gasteiger partial charge in [0.2, 0.25) is 5.88 Å². The smallest absolute Gasteiger partial charge is 0.260 e. The molecule has 1 aliphatic heterocycles. The Balaban J connectivity index is 1.50. The van der Waals surface area contributed by atoms with E-state index in [1.165, 1.54) is 0 Å². The third kappa shape index (κ3) is 4.45. The summed E-state index contributed by atoms with van der Waals surface area (Å²) in [5.41, 5.74) is 0. The molecule has 0 bridgehead atoms. The van der Waals surface area contributed by atoms with Gasteiger partial charge in [0.25, 0.3) is 5.91 Å². The maximum Gasteiger partial charge on any atom is 0.260 e. The first-order valence-electron chi connectivity index (χ1n) is 7.92. The van der Waals surface area contributed by atoms with E-state index in [0.29, 0.717) is 37.1 Å². The van der Waals surface area contributed by atoms with Crippen molar-refractivity contribution in [2.24, 2.45) is 0 Å². The normalized spacial score (nSPS) is 17.4. The average Bonchev–Trinajstić information content (AvgIpc) is 2.62. The summed E-state index contributed by atoms with van der Waals surface area (Å²) in [5, 5.41) is 0. The molecule has 0 spiro atoms. The van der Waals surface area contributed by atoms with E-state index in [-0.39, 0.29) is 18.6 Å². The molecule has 1 aliphatic rings. The van der Waals surface area contributed by atoms with Crippen LogP contribution in [0.1, 0.15) is 6.92 Å². The first kappa shape index (κ1) is 16.3. The van der Waals surface area contributed by atoms with Gasteiger partial charge >= 0.3 is 0 Å². The topological polar surface area (TPSA) is 60.9 Å². The van der Waals surface area contributed by atoms with Crippen LogP contribution in [0.3, 0.4) is 0 Å². The number of benzene rings is 1. The molecule has 0 N–H and O–H groups in total. The van der Waals surface area contributed by atoms with Crippen molar-refractivity contribution < 1.29 is 19.0 Å². The maximum atomic E-state index is 12.1. The van der Waals surface area contributed by atoms with Crippen molar-refractivity contribution in [3.63, 3.8) is 0 Å². The lowest BCUT2D eigenvalue weighted by molar-refractivity contribution is -0.140. The molecule has 3 rings (SSSR count). The molecule has 6 nitrogen and oxygen atoms in total. The fraction of sp³-hybridized carbons (Fsp3) is 0.333. The van der Waals surface area contributed by atoms with Gasteiger partial charge in [-0.15, -0.1) is 0 Å². The highest BCUT2D eigenvalue weighted by Crippen LogP contribution is 2.22. The lowest BCUT2D eigenvalue weighted by Crippen LogP contribution is -2.46. The third-order valence-electron chi connectivity index (χ3n) is 3.64. The summed E-state index contributed by atoms with van der Waals surface area (Å²) in [5.74, 6) is 1.79. The molecule has 1 atom stereocenters. The summed E-state index contributed by atoms with van der Waals surface area (Å²) >= 11 is 0. The van der Waals surface area contributed by atoms with Crippen LogP contribution in [0.4, 0.5) is 0 Å². The predicted molar refractivity (Wildman–Crippen MR) is 88.2 cm³/mol.